The molecule has 4 rings (SSSR count). The summed E-state index contributed by atoms with van der Waals surface area (Å²) in [5.41, 5.74) is 4.78. The van der Waals surface area contributed by atoms with E-state index >= 15 is 0 Å². The monoisotopic (exact) mass is 379 g/mol. The van der Waals surface area contributed by atoms with Gasteiger partial charge in [-0.25, -0.2) is 9.50 Å². The van der Waals surface area contributed by atoms with E-state index in [0.29, 0.717) is 28.0 Å². The van der Waals surface area contributed by atoms with Crippen LogP contribution in [0.4, 0.5) is 0 Å². The molecule has 29 heavy (non-hydrogen) atoms. The summed E-state index contributed by atoms with van der Waals surface area (Å²) in [5.74, 6) is -0.0543. The predicted octanol–water partition coefficient (Wildman–Crippen LogP) is 4.22. The summed E-state index contributed by atoms with van der Waals surface area (Å²) in [4.78, 5) is 17.8. The minimum atomic E-state index is -0.210. The standard InChI is InChI=1S/C23H17N5O/c1-14(2)20-21(27-22-19(12-25)13-26-28(22)23(20)29)18-8-4-7-17(10-18)16-6-3-5-15(9-16)11-24/h3-10,13-14,26H,1-2H3. The van der Waals surface area contributed by atoms with Crippen LogP contribution in [0.5, 0.6) is 0 Å². The van der Waals surface area contributed by atoms with E-state index in [0.717, 1.165) is 16.7 Å². The third-order valence-electron chi connectivity index (χ3n) is 4.86. The average Bonchev–Trinajstić information content (AvgIpc) is 3.17. The van der Waals surface area contributed by atoms with Gasteiger partial charge < -0.3 is 0 Å². The quantitative estimate of drug-likeness (QED) is 0.576. The van der Waals surface area contributed by atoms with Gasteiger partial charge >= 0.3 is 0 Å². The summed E-state index contributed by atoms with van der Waals surface area (Å²) in [6, 6.07) is 19.3. The first-order valence-electron chi connectivity index (χ1n) is 9.18. The fraction of sp³-hybridized carbons (Fsp3) is 0.130. The maximum atomic E-state index is 13.1. The van der Waals surface area contributed by atoms with Crippen LogP contribution in [0.1, 0.15) is 36.5 Å². The lowest BCUT2D eigenvalue weighted by Gasteiger charge is -2.13. The van der Waals surface area contributed by atoms with Crippen molar-refractivity contribution < 1.29 is 0 Å². The highest BCUT2D eigenvalue weighted by molar-refractivity contribution is 5.75. The van der Waals surface area contributed by atoms with Crippen molar-refractivity contribution >= 4 is 5.65 Å². The van der Waals surface area contributed by atoms with E-state index in [-0.39, 0.29) is 11.5 Å². The average molecular weight is 379 g/mol. The lowest BCUT2D eigenvalue weighted by Crippen LogP contribution is -2.22. The van der Waals surface area contributed by atoms with Crippen molar-refractivity contribution in [1.29, 1.82) is 10.5 Å². The number of nitriles is 2. The van der Waals surface area contributed by atoms with E-state index in [4.69, 9.17) is 0 Å². The molecule has 4 aromatic rings. The molecule has 0 unspecified atom stereocenters. The summed E-state index contributed by atoms with van der Waals surface area (Å²) in [6.07, 6.45) is 1.49. The van der Waals surface area contributed by atoms with Gasteiger partial charge in [0, 0.05) is 17.3 Å². The summed E-state index contributed by atoms with van der Waals surface area (Å²) >= 11 is 0. The first-order valence-corrected chi connectivity index (χ1v) is 9.18. The van der Waals surface area contributed by atoms with Crippen LogP contribution in [0, 0.1) is 22.7 Å². The van der Waals surface area contributed by atoms with Crippen molar-refractivity contribution in [2.75, 3.05) is 0 Å². The van der Waals surface area contributed by atoms with Gasteiger partial charge in [-0.3, -0.25) is 9.89 Å². The second kappa shape index (κ2) is 7.10. The number of H-pyrrole nitrogens is 1. The van der Waals surface area contributed by atoms with E-state index in [1.54, 1.807) is 6.07 Å². The fourth-order valence-electron chi connectivity index (χ4n) is 3.47. The van der Waals surface area contributed by atoms with E-state index in [1.165, 1.54) is 10.7 Å². The van der Waals surface area contributed by atoms with Crippen LogP contribution in [0.15, 0.2) is 59.5 Å². The van der Waals surface area contributed by atoms with Gasteiger partial charge in [0.2, 0.25) is 0 Å². The molecule has 0 aliphatic rings. The van der Waals surface area contributed by atoms with Crippen LogP contribution in [-0.2, 0) is 0 Å². The Labute approximate surface area is 167 Å². The van der Waals surface area contributed by atoms with Crippen LogP contribution in [0.2, 0.25) is 0 Å². The van der Waals surface area contributed by atoms with E-state index < -0.39 is 0 Å². The molecule has 0 amide bonds. The number of nitrogens with zero attached hydrogens (tertiary/aromatic N) is 4. The topological polar surface area (TPSA) is 97.7 Å². The third kappa shape index (κ3) is 3.07. The van der Waals surface area contributed by atoms with Crippen LogP contribution in [0.3, 0.4) is 0 Å². The molecule has 6 nitrogen and oxygen atoms in total. The molecule has 0 aliphatic carbocycles. The Morgan fingerprint density at radius 3 is 2.38 bits per heavy atom. The molecule has 0 saturated heterocycles. The minimum absolute atomic E-state index is 0.0543. The van der Waals surface area contributed by atoms with Gasteiger partial charge in [0.25, 0.3) is 5.56 Å². The van der Waals surface area contributed by atoms with Crippen molar-refractivity contribution in [3.8, 4) is 34.5 Å². The SMILES string of the molecule is CC(C)c1c(-c2cccc(-c3cccc(C#N)c3)c2)nc2c(C#N)c[nH]n2c1=O. The predicted molar refractivity (Wildman–Crippen MR) is 110 cm³/mol. The summed E-state index contributed by atoms with van der Waals surface area (Å²) in [7, 11) is 0. The highest BCUT2D eigenvalue weighted by Gasteiger charge is 2.20. The molecule has 2 heterocycles. The van der Waals surface area contributed by atoms with Crippen molar-refractivity contribution in [1.82, 2.24) is 14.6 Å². The molecule has 0 saturated carbocycles. The number of benzene rings is 2. The van der Waals surface area contributed by atoms with Crippen molar-refractivity contribution in [2.45, 2.75) is 19.8 Å². The van der Waals surface area contributed by atoms with Gasteiger partial charge in [0.1, 0.15) is 11.6 Å². The van der Waals surface area contributed by atoms with Gasteiger partial charge in [-0.05, 0) is 35.2 Å². The number of hydrogen-bond donors (Lipinski definition) is 1. The minimum Gasteiger partial charge on any atom is -0.295 e. The molecule has 0 atom stereocenters. The highest BCUT2D eigenvalue weighted by atomic mass is 16.1. The van der Waals surface area contributed by atoms with E-state index in [1.807, 2.05) is 56.3 Å². The fourth-order valence-corrected chi connectivity index (χ4v) is 3.47. The van der Waals surface area contributed by atoms with Crippen molar-refractivity contribution in [3.05, 3.63) is 81.8 Å². The highest BCUT2D eigenvalue weighted by Crippen LogP contribution is 2.30. The molecule has 0 fully saturated rings. The van der Waals surface area contributed by atoms with Crippen LogP contribution < -0.4 is 5.56 Å². The zero-order valence-electron chi connectivity index (χ0n) is 16.0. The van der Waals surface area contributed by atoms with Crippen LogP contribution in [-0.4, -0.2) is 14.6 Å². The summed E-state index contributed by atoms with van der Waals surface area (Å²) in [6.45, 7) is 3.89. The molecular formula is C23H17N5O. The second-order valence-corrected chi connectivity index (χ2v) is 7.07. The maximum absolute atomic E-state index is 13.1. The molecule has 0 aliphatic heterocycles. The number of rotatable bonds is 3. The van der Waals surface area contributed by atoms with Crippen LogP contribution in [0.25, 0.3) is 28.0 Å². The van der Waals surface area contributed by atoms with Crippen molar-refractivity contribution in [2.24, 2.45) is 0 Å². The molecule has 0 spiro atoms. The molecule has 140 valence electrons. The largest absolute Gasteiger partial charge is 0.295 e. The first kappa shape index (κ1) is 18.2. The summed E-state index contributed by atoms with van der Waals surface area (Å²) < 4.78 is 1.32. The molecular weight excluding hydrogens is 362 g/mol. The Balaban J connectivity index is 1.97. The molecule has 6 heteroatoms. The van der Waals surface area contributed by atoms with Gasteiger partial charge in [0.15, 0.2) is 5.65 Å². The Morgan fingerprint density at radius 1 is 1.00 bits per heavy atom. The Morgan fingerprint density at radius 2 is 1.69 bits per heavy atom. The van der Waals surface area contributed by atoms with E-state index in [2.05, 4.69) is 22.2 Å². The Hall–Kier alpha value is -4.16. The Kier molecular flexibility index (Phi) is 4.46. The van der Waals surface area contributed by atoms with Crippen molar-refractivity contribution in [3.63, 3.8) is 0 Å². The lowest BCUT2D eigenvalue weighted by atomic mass is 9.95. The number of nitrogens with one attached hydrogen (secondary N) is 1. The maximum Gasteiger partial charge on any atom is 0.276 e. The molecule has 0 bridgehead atoms. The van der Waals surface area contributed by atoms with Gasteiger partial charge in [-0.1, -0.05) is 44.2 Å². The number of aromatic nitrogens is 3. The molecule has 2 aromatic carbocycles. The van der Waals surface area contributed by atoms with E-state index in [9.17, 15) is 15.3 Å². The molecule has 0 radical (unpaired) electrons. The zero-order valence-corrected chi connectivity index (χ0v) is 16.0. The normalized spacial score (nSPS) is 10.8. The van der Waals surface area contributed by atoms with Crippen LogP contribution >= 0.6 is 0 Å². The number of fused-ring (bicyclic) bond motifs is 1. The first-order chi connectivity index (χ1) is 14.0. The Bertz CT molecular complexity index is 1380. The molecule has 2 aromatic heterocycles. The number of hydrogen-bond acceptors (Lipinski definition) is 4. The smallest absolute Gasteiger partial charge is 0.276 e. The number of aromatic amines is 1. The lowest BCUT2D eigenvalue weighted by molar-refractivity contribution is 0.797. The van der Waals surface area contributed by atoms with Gasteiger partial charge in [-0.15, -0.1) is 0 Å². The second-order valence-electron chi connectivity index (χ2n) is 7.07. The third-order valence-corrected chi connectivity index (χ3v) is 4.86. The zero-order chi connectivity index (χ0) is 20.5. The molecule has 1 N–H and O–H groups in total. The van der Waals surface area contributed by atoms with Gasteiger partial charge in [-0.2, -0.15) is 10.5 Å². The van der Waals surface area contributed by atoms with Gasteiger partial charge in [0.05, 0.1) is 17.3 Å². The summed E-state index contributed by atoms with van der Waals surface area (Å²) in [5, 5.41) is 21.3.